The van der Waals surface area contributed by atoms with Crippen LogP contribution >= 0.6 is 11.3 Å². The molecule has 0 saturated heterocycles. The monoisotopic (exact) mass is 758 g/mol. The number of ether oxygens (including phenoxy) is 1. The highest BCUT2D eigenvalue weighted by Gasteiger charge is 2.61. The molecule has 284 valence electrons. The fraction of sp³-hybridized carbons (Fsp3) is 0.442. The number of thiazole rings is 1. The summed E-state index contributed by atoms with van der Waals surface area (Å²) in [4.78, 5) is 51.9. The normalized spacial score (nSPS) is 24.2. The second-order valence-electron chi connectivity index (χ2n) is 17.5. The number of benzene rings is 2. The molecular weight excluding hydrogens is 713 g/mol. The van der Waals surface area contributed by atoms with E-state index in [2.05, 4.69) is 21.3 Å². The van der Waals surface area contributed by atoms with Crippen molar-refractivity contribution in [3.05, 3.63) is 88.9 Å². The molecule has 4 heterocycles. The van der Waals surface area contributed by atoms with Crippen molar-refractivity contribution >= 4 is 50.3 Å². The van der Waals surface area contributed by atoms with E-state index < -0.39 is 23.0 Å². The van der Waals surface area contributed by atoms with E-state index >= 15 is 0 Å². The van der Waals surface area contributed by atoms with Gasteiger partial charge in [-0.3, -0.25) is 19.6 Å². The lowest BCUT2D eigenvalue weighted by Crippen LogP contribution is -2.56. The topological polar surface area (TPSA) is 140 Å². The highest BCUT2D eigenvalue weighted by atomic mass is 32.1. The lowest BCUT2D eigenvalue weighted by atomic mass is 9.44. The number of hydrogen-bond donors (Lipinski definition) is 2. The molecule has 4 saturated carbocycles. The van der Waals surface area contributed by atoms with E-state index in [9.17, 15) is 19.5 Å². The minimum Gasteiger partial charge on any atom is -0.481 e. The zero-order valence-electron chi connectivity index (χ0n) is 31.7. The number of nitrogens with zero attached hydrogens (tertiary/aromatic N) is 5. The Bertz CT molecular complexity index is 2330. The van der Waals surface area contributed by atoms with Gasteiger partial charge in [0.2, 0.25) is 0 Å². The summed E-state index contributed by atoms with van der Waals surface area (Å²) in [6.45, 7) is 9.31. The zero-order valence-corrected chi connectivity index (χ0v) is 32.5. The van der Waals surface area contributed by atoms with Crippen molar-refractivity contribution in [1.29, 1.82) is 0 Å². The van der Waals surface area contributed by atoms with Gasteiger partial charge in [-0.05, 0) is 131 Å². The first-order chi connectivity index (χ1) is 26.3. The molecule has 2 atom stereocenters. The van der Waals surface area contributed by atoms with E-state index in [0.717, 1.165) is 64.7 Å². The SMILES string of the molecule is Cc1c(-c2ccc(N3CCc4cccc(C(=O)Nc5nc6ccccc6s5)c4C3)nc2C(=O)OC(C)(C)C)cnn1CC12CC3CC(C1)CC(C(=O)O)(C3)C2. The van der Waals surface area contributed by atoms with Crippen LogP contribution in [0.25, 0.3) is 21.3 Å². The van der Waals surface area contributed by atoms with Crippen LogP contribution in [0.3, 0.4) is 0 Å². The summed E-state index contributed by atoms with van der Waals surface area (Å²) in [6.07, 6.45) is 8.01. The number of fused-ring (bicyclic) bond motifs is 2. The average molecular weight is 759 g/mol. The summed E-state index contributed by atoms with van der Waals surface area (Å²) < 4.78 is 8.95. The Labute approximate surface area is 324 Å². The number of aliphatic carboxylic acids is 1. The van der Waals surface area contributed by atoms with Crippen LogP contribution in [0.1, 0.15) is 97.0 Å². The van der Waals surface area contributed by atoms with E-state index in [1.54, 1.807) is 6.20 Å². The second-order valence-corrected chi connectivity index (χ2v) is 18.5. The highest BCUT2D eigenvalue weighted by Crippen LogP contribution is 2.66. The Morgan fingerprint density at radius 3 is 2.51 bits per heavy atom. The van der Waals surface area contributed by atoms with Crippen molar-refractivity contribution in [3.8, 4) is 11.1 Å². The summed E-state index contributed by atoms with van der Waals surface area (Å²) in [5.41, 5.74) is 4.57. The molecule has 4 fully saturated rings. The quantitative estimate of drug-likeness (QED) is 0.150. The molecule has 10 rings (SSSR count). The number of aromatic nitrogens is 4. The van der Waals surface area contributed by atoms with Crippen LogP contribution in [-0.4, -0.2) is 54.8 Å². The first-order valence-electron chi connectivity index (χ1n) is 19.3. The molecular formula is C43H46N6O5S. The van der Waals surface area contributed by atoms with Gasteiger partial charge in [-0.15, -0.1) is 0 Å². The number of carbonyl (C=O) groups is 3. The molecule has 12 heteroatoms. The molecule has 0 spiro atoms. The second kappa shape index (κ2) is 13.0. The Kier molecular flexibility index (Phi) is 8.41. The smallest absolute Gasteiger partial charge is 0.358 e. The third-order valence-electron chi connectivity index (χ3n) is 12.3. The summed E-state index contributed by atoms with van der Waals surface area (Å²) in [6, 6.07) is 17.5. The first kappa shape index (κ1) is 35.6. The number of rotatable bonds is 8. The van der Waals surface area contributed by atoms with Crippen LogP contribution in [-0.2, 0) is 29.0 Å². The Morgan fingerprint density at radius 1 is 0.982 bits per heavy atom. The first-order valence-corrected chi connectivity index (χ1v) is 20.1. The zero-order chi connectivity index (χ0) is 38.3. The van der Waals surface area contributed by atoms with Crippen LogP contribution in [0, 0.1) is 29.6 Å². The average Bonchev–Trinajstić information content (AvgIpc) is 3.71. The fourth-order valence-electron chi connectivity index (χ4n) is 10.5. The number of carbonyl (C=O) groups excluding carboxylic acids is 2. The van der Waals surface area contributed by atoms with Crippen molar-refractivity contribution in [3.63, 3.8) is 0 Å². The molecule has 11 nitrogen and oxygen atoms in total. The summed E-state index contributed by atoms with van der Waals surface area (Å²) >= 11 is 1.45. The van der Waals surface area contributed by atoms with Crippen molar-refractivity contribution in [2.45, 2.75) is 91.3 Å². The molecule has 5 aromatic rings. The van der Waals surface area contributed by atoms with Gasteiger partial charge >= 0.3 is 11.9 Å². The predicted molar refractivity (Wildman–Crippen MR) is 211 cm³/mol. The molecule has 2 unspecified atom stereocenters. The summed E-state index contributed by atoms with van der Waals surface area (Å²) in [7, 11) is 0. The van der Waals surface area contributed by atoms with E-state index in [4.69, 9.17) is 14.8 Å². The number of para-hydroxylation sites is 1. The van der Waals surface area contributed by atoms with Gasteiger partial charge in [-0.2, -0.15) is 5.10 Å². The third-order valence-corrected chi connectivity index (χ3v) is 13.3. The van der Waals surface area contributed by atoms with Gasteiger partial charge < -0.3 is 14.7 Å². The highest BCUT2D eigenvalue weighted by molar-refractivity contribution is 7.22. The number of amides is 1. The van der Waals surface area contributed by atoms with Crippen LogP contribution < -0.4 is 10.2 Å². The maximum Gasteiger partial charge on any atom is 0.358 e. The molecule has 5 aliphatic rings. The molecule has 55 heavy (non-hydrogen) atoms. The van der Waals surface area contributed by atoms with Gasteiger partial charge in [0.25, 0.3) is 5.91 Å². The number of carboxylic acid groups (broad SMARTS) is 1. The Balaban J connectivity index is 1.01. The molecule has 1 amide bonds. The van der Waals surface area contributed by atoms with Crippen LogP contribution in [0.15, 0.2) is 60.8 Å². The number of pyridine rings is 1. The molecule has 2 aromatic carbocycles. The number of anilines is 2. The molecule has 1 aliphatic heterocycles. The number of carboxylic acids is 1. The van der Waals surface area contributed by atoms with E-state index in [1.807, 2.05) is 80.9 Å². The number of hydrogen-bond acceptors (Lipinski definition) is 9. The fourth-order valence-corrected chi connectivity index (χ4v) is 11.3. The predicted octanol–water partition coefficient (Wildman–Crippen LogP) is 8.30. The third kappa shape index (κ3) is 6.47. The largest absolute Gasteiger partial charge is 0.481 e. The van der Waals surface area contributed by atoms with Gasteiger partial charge in [-0.25, -0.2) is 14.8 Å². The number of esters is 1. The minimum absolute atomic E-state index is 0.0959. The summed E-state index contributed by atoms with van der Waals surface area (Å²) in [5, 5.41) is 18.7. The van der Waals surface area contributed by atoms with Gasteiger partial charge in [0.1, 0.15) is 11.4 Å². The van der Waals surface area contributed by atoms with Gasteiger partial charge in [-0.1, -0.05) is 35.6 Å². The molecule has 4 aliphatic carbocycles. The molecule has 3 aromatic heterocycles. The maximum absolute atomic E-state index is 13.9. The lowest BCUT2D eigenvalue weighted by molar-refractivity contribution is -0.176. The van der Waals surface area contributed by atoms with E-state index in [0.29, 0.717) is 66.4 Å². The van der Waals surface area contributed by atoms with Crippen LogP contribution in [0.2, 0.25) is 0 Å². The molecule has 4 bridgehead atoms. The standard InChI is InChI=1S/C43H46N6O5S/c1-25-31(21-44-49(25)24-42-17-26-16-27(18-42)20-43(19-26,23-42)39(52)53)29-12-13-35(46-36(29)38(51)54-41(2,3)4)48-15-14-28-8-7-9-30(32(28)22-48)37(50)47-40-45-33-10-5-6-11-34(33)55-40/h5-13,21,26-27H,14-20,22-24H2,1-4H3,(H,52,53)(H,45,47,50). The van der Waals surface area contributed by atoms with Gasteiger partial charge in [0.15, 0.2) is 10.8 Å². The van der Waals surface area contributed by atoms with Crippen molar-refractivity contribution in [1.82, 2.24) is 19.7 Å². The van der Waals surface area contributed by atoms with Gasteiger partial charge in [0.05, 0.1) is 21.8 Å². The van der Waals surface area contributed by atoms with Crippen LogP contribution in [0.4, 0.5) is 10.9 Å². The lowest BCUT2D eigenvalue weighted by Gasteiger charge is -2.60. The van der Waals surface area contributed by atoms with Gasteiger partial charge in [0, 0.05) is 42.0 Å². The van der Waals surface area contributed by atoms with E-state index in [1.165, 1.54) is 11.3 Å². The minimum atomic E-state index is -0.737. The molecule has 2 N–H and O–H groups in total. The number of nitrogens with one attached hydrogen (secondary N) is 1. The van der Waals surface area contributed by atoms with Crippen LogP contribution in [0.5, 0.6) is 0 Å². The van der Waals surface area contributed by atoms with Crippen molar-refractivity contribution in [2.75, 3.05) is 16.8 Å². The van der Waals surface area contributed by atoms with Crippen molar-refractivity contribution < 1.29 is 24.2 Å². The van der Waals surface area contributed by atoms with Crippen molar-refractivity contribution in [2.24, 2.45) is 22.7 Å². The maximum atomic E-state index is 13.9. The van der Waals surface area contributed by atoms with E-state index in [-0.39, 0.29) is 17.0 Å². The molecule has 0 radical (unpaired) electrons. The Morgan fingerprint density at radius 2 is 1.76 bits per heavy atom. The Hall–Kier alpha value is -5.10. The summed E-state index contributed by atoms with van der Waals surface area (Å²) in [5.74, 6) is 0.152.